The van der Waals surface area contributed by atoms with E-state index in [9.17, 15) is 9.18 Å². The molecule has 0 spiro atoms. The molecule has 0 saturated heterocycles. The minimum atomic E-state index is -0.249. The van der Waals surface area contributed by atoms with Crippen molar-refractivity contribution < 1.29 is 9.18 Å². The Balaban J connectivity index is 0.00000364. The van der Waals surface area contributed by atoms with E-state index in [0.717, 1.165) is 17.7 Å². The van der Waals surface area contributed by atoms with Crippen LogP contribution in [0.2, 0.25) is 0 Å². The highest BCUT2D eigenvalue weighted by molar-refractivity contribution is 14.0. The van der Waals surface area contributed by atoms with Crippen LogP contribution in [0.25, 0.3) is 0 Å². The van der Waals surface area contributed by atoms with Crippen molar-refractivity contribution in [3.8, 4) is 0 Å². The second kappa shape index (κ2) is 12.3. The average Bonchev–Trinajstić information content (AvgIpc) is 2.66. The van der Waals surface area contributed by atoms with E-state index in [0.29, 0.717) is 31.2 Å². The summed E-state index contributed by atoms with van der Waals surface area (Å²) in [5.74, 6) is 0.334. The molecule has 0 fully saturated rings. The van der Waals surface area contributed by atoms with Crippen LogP contribution < -0.4 is 16.0 Å². The van der Waals surface area contributed by atoms with Gasteiger partial charge in [-0.25, -0.2) is 9.38 Å². The summed E-state index contributed by atoms with van der Waals surface area (Å²) < 4.78 is 13.0. The van der Waals surface area contributed by atoms with Gasteiger partial charge in [-0.2, -0.15) is 0 Å². The summed E-state index contributed by atoms with van der Waals surface area (Å²) in [6, 6.07) is 13.8. The van der Waals surface area contributed by atoms with Crippen molar-refractivity contribution in [2.75, 3.05) is 13.1 Å². The number of guanidine groups is 1. The van der Waals surface area contributed by atoms with Gasteiger partial charge in [0.15, 0.2) is 5.96 Å². The molecule has 3 N–H and O–H groups in total. The Bertz CT molecular complexity index is 750. The maximum absolute atomic E-state index is 13.0. The summed E-state index contributed by atoms with van der Waals surface area (Å²) in [5, 5.41) is 9.19. The second-order valence-corrected chi connectivity index (χ2v) is 5.74. The van der Waals surface area contributed by atoms with Gasteiger partial charge < -0.3 is 16.0 Å². The van der Waals surface area contributed by atoms with Gasteiger partial charge in [0, 0.05) is 25.2 Å². The van der Waals surface area contributed by atoms with E-state index < -0.39 is 0 Å². The molecule has 2 aromatic carbocycles. The highest BCUT2D eigenvalue weighted by atomic mass is 127. The molecule has 0 heterocycles. The number of aliphatic imine (C=N–C) groups is 1. The molecule has 5 nitrogen and oxygen atoms in total. The van der Waals surface area contributed by atoms with Crippen LogP contribution in [0, 0.1) is 5.82 Å². The molecule has 0 aliphatic rings. The summed E-state index contributed by atoms with van der Waals surface area (Å²) >= 11 is 0. The molecule has 0 aliphatic carbocycles. The van der Waals surface area contributed by atoms with E-state index in [-0.39, 0.29) is 35.7 Å². The molecule has 0 aromatic heterocycles. The van der Waals surface area contributed by atoms with Gasteiger partial charge in [0.2, 0.25) is 0 Å². The predicted octanol–water partition coefficient (Wildman–Crippen LogP) is 3.45. The number of carbonyl (C=O) groups excluding carboxylic acids is 1. The monoisotopic (exact) mass is 484 g/mol. The minimum absolute atomic E-state index is 0. The van der Waals surface area contributed by atoms with E-state index in [2.05, 4.69) is 20.9 Å². The number of nitrogens with zero attached hydrogens (tertiary/aromatic N) is 1. The number of halogens is 2. The van der Waals surface area contributed by atoms with Crippen LogP contribution in [-0.2, 0) is 13.1 Å². The standard InChI is InChI=1S/C20H25FN4O.HI/c1-3-22-19(26)17-7-5-6-16(12-17)14-25-20(23-4-2)24-13-15-8-10-18(21)11-9-15;/h5-12H,3-4,13-14H2,1-2H3,(H,22,26)(H2,23,24,25);1H. The van der Waals surface area contributed by atoms with Crippen molar-refractivity contribution in [1.29, 1.82) is 0 Å². The van der Waals surface area contributed by atoms with Crippen LogP contribution in [0.5, 0.6) is 0 Å². The largest absolute Gasteiger partial charge is 0.357 e. The summed E-state index contributed by atoms with van der Waals surface area (Å²) in [4.78, 5) is 16.5. The Labute approximate surface area is 176 Å². The first-order valence-corrected chi connectivity index (χ1v) is 8.76. The molecular formula is C20H26FIN4O. The fourth-order valence-corrected chi connectivity index (χ4v) is 2.37. The molecular weight excluding hydrogens is 458 g/mol. The molecule has 1 amide bonds. The van der Waals surface area contributed by atoms with Crippen LogP contribution in [0.4, 0.5) is 4.39 Å². The zero-order valence-corrected chi connectivity index (χ0v) is 17.9. The number of amides is 1. The fraction of sp³-hybridized carbons (Fsp3) is 0.300. The zero-order chi connectivity index (χ0) is 18.8. The summed E-state index contributed by atoms with van der Waals surface area (Å²) in [6.07, 6.45) is 0. The molecule has 0 atom stereocenters. The van der Waals surface area contributed by atoms with Crippen LogP contribution in [0.1, 0.15) is 35.3 Å². The third-order valence-electron chi connectivity index (χ3n) is 3.66. The molecule has 0 saturated carbocycles. The molecule has 27 heavy (non-hydrogen) atoms. The molecule has 2 aromatic rings. The number of hydrogen-bond acceptors (Lipinski definition) is 2. The zero-order valence-electron chi connectivity index (χ0n) is 15.6. The van der Waals surface area contributed by atoms with E-state index in [1.165, 1.54) is 12.1 Å². The lowest BCUT2D eigenvalue weighted by molar-refractivity contribution is 0.0955. The number of benzene rings is 2. The fourth-order valence-electron chi connectivity index (χ4n) is 2.37. The van der Waals surface area contributed by atoms with Crippen molar-refractivity contribution in [3.05, 3.63) is 71.0 Å². The van der Waals surface area contributed by atoms with Crippen molar-refractivity contribution in [2.45, 2.75) is 26.9 Å². The molecule has 0 aliphatic heterocycles. The van der Waals surface area contributed by atoms with Crippen LogP contribution in [0.3, 0.4) is 0 Å². The minimum Gasteiger partial charge on any atom is -0.357 e. The molecule has 0 radical (unpaired) electrons. The van der Waals surface area contributed by atoms with E-state index in [4.69, 9.17) is 0 Å². The third kappa shape index (κ3) is 7.94. The van der Waals surface area contributed by atoms with E-state index >= 15 is 0 Å². The topological polar surface area (TPSA) is 65.5 Å². The quantitative estimate of drug-likeness (QED) is 0.321. The molecule has 146 valence electrons. The third-order valence-corrected chi connectivity index (χ3v) is 3.66. The number of rotatable bonds is 7. The van der Waals surface area contributed by atoms with E-state index in [1.807, 2.05) is 32.0 Å². The first-order chi connectivity index (χ1) is 12.6. The highest BCUT2D eigenvalue weighted by Gasteiger charge is 2.05. The number of carbonyl (C=O) groups is 1. The van der Waals surface area contributed by atoms with Gasteiger partial charge in [-0.05, 0) is 49.2 Å². The van der Waals surface area contributed by atoms with Gasteiger partial charge in [-0.15, -0.1) is 24.0 Å². The molecule has 2 rings (SSSR count). The first-order valence-electron chi connectivity index (χ1n) is 8.76. The lowest BCUT2D eigenvalue weighted by Gasteiger charge is -2.11. The summed E-state index contributed by atoms with van der Waals surface area (Å²) in [5.41, 5.74) is 2.55. The van der Waals surface area contributed by atoms with Crippen molar-refractivity contribution in [1.82, 2.24) is 16.0 Å². The van der Waals surface area contributed by atoms with Crippen LogP contribution >= 0.6 is 24.0 Å². The molecule has 0 unspecified atom stereocenters. The maximum atomic E-state index is 13.0. The Morgan fingerprint density at radius 1 is 0.963 bits per heavy atom. The van der Waals surface area contributed by atoms with Crippen molar-refractivity contribution >= 4 is 35.8 Å². The average molecular weight is 484 g/mol. The lowest BCUT2D eigenvalue weighted by atomic mass is 10.1. The normalized spacial score (nSPS) is 10.7. The number of nitrogens with one attached hydrogen (secondary N) is 3. The predicted molar refractivity (Wildman–Crippen MR) is 118 cm³/mol. The van der Waals surface area contributed by atoms with Gasteiger partial charge in [0.1, 0.15) is 5.82 Å². The Morgan fingerprint density at radius 3 is 2.33 bits per heavy atom. The number of hydrogen-bond donors (Lipinski definition) is 3. The van der Waals surface area contributed by atoms with Gasteiger partial charge in [0.25, 0.3) is 5.91 Å². The first kappa shape index (κ1) is 22.9. The second-order valence-electron chi connectivity index (χ2n) is 5.74. The summed E-state index contributed by atoms with van der Waals surface area (Å²) in [7, 11) is 0. The maximum Gasteiger partial charge on any atom is 0.251 e. The van der Waals surface area contributed by atoms with Crippen molar-refractivity contribution in [3.63, 3.8) is 0 Å². The Morgan fingerprint density at radius 2 is 1.67 bits per heavy atom. The van der Waals surface area contributed by atoms with Gasteiger partial charge in [0.05, 0.1) is 6.54 Å². The lowest BCUT2D eigenvalue weighted by Crippen LogP contribution is -2.36. The Hall–Kier alpha value is -2.16. The van der Waals surface area contributed by atoms with Gasteiger partial charge >= 0.3 is 0 Å². The molecule has 7 heteroatoms. The van der Waals surface area contributed by atoms with Gasteiger partial charge in [-0.3, -0.25) is 4.79 Å². The highest BCUT2D eigenvalue weighted by Crippen LogP contribution is 2.07. The SMILES string of the molecule is CCNC(=O)c1cccc(CN=C(NCC)NCc2ccc(F)cc2)c1.I. The smallest absolute Gasteiger partial charge is 0.251 e. The van der Waals surface area contributed by atoms with Gasteiger partial charge in [-0.1, -0.05) is 24.3 Å². The van der Waals surface area contributed by atoms with Crippen LogP contribution in [-0.4, -0.2) is 25.0 Å². The van der Waals surface area contributed by atoms with Crippen LogP contribution in [0.15, 0.2) is 53.5 Å². The Kier molecular flexibility index (Phi) is 10.4. The van der Waals surface area contributed by atoms with Crippen molar-refractivity contribution in [2.24, 2.45) is 4.99 Å². The summed E-state index contributed by atoms with van der Waals surface area (Å²) in [6.45, 7) is 6.21. The molecule has 0 bridgehead atoms. The van der Waals surface area contributed by atoms with E-state index in [1.54, 1.807) is 18.2 Å².